The van der Waals surface area contributed by atoms with Crippen molar-refractivity contribution < 1.29 is 9.53 Å². The molecule has 0 aromatic heterocycles. The summed E-state index contributed by atoms with van der Waals surface area (Å²) in [4.78, 5) is 10.9. The lowest BCUT2D eigenvalue weighted by Gasteiger charge is -2.12. The highest BCUT2D eigenvalue weighted by Gasteiger charge is 2.07. The van der Waals surface area contributed by atoms with E-state index in [0.29, 0.717) is 0 Å². The third-order valence-electron chi connectivity index (χ3n) is 1.20. The molecule has 0 bridgehead atoms. The van der Waals surface area contributed by atoms with Gasteiger partial charge >= 0.3 is 6.09 Å². The molecule has 0 rings (SSSR count). The molecule has 11 heavy (non-hydrogen) atoms. The van der Waals surface area contributed by atoms with Gasteiger partial charge in [-0.05, 0) is 20.3 Å². The van der Waals surface area contributed by atoms with Crippen LogP contribution in [0.3, 0.4) is 0 Å². The first kappa shape index (κ1) is 11.0. The van der Waals surface area contributed by atoms with Crippen LogP contribution in [0.4, 0.5) is 4.79 Å². The minimum absolute atomic E-state index is 0.00477. The van der Waals surface area contributed by atoms with Crippen LogP contribution in [0.5, 0.6) is 0 Å². The molecule has 0 aliphatic heterocycles. The topological polar surface area (TPSA) is 38.3 Å². The van der Waals surface area contributed by atoms with E-state index in [-0.39, 0.29) is 16.2 Å². The molecule has 66 valence electrons. The molecule has 1 unspecified atom stereocenters. The fourth-order valence-corrected chi connectivity index (χ4v) is 0.717. The summed E-state index contributed by atoms with van der Waals surface area (Å²) in [6.07, 6.45) is 0.523. The monoisotopic (exact) mass is 271 g/mol. The number of rotatable bonds is 3. The highest BCUT2D eigenvalue weighted by Crippen LogP contribution is 1.98. The highest BCUT2D eigenvalue weighted by molar-refractivity contribution is 14.1. The Labute approximate surface area is 81.0 Å². The second kappa shape index (κ2) is 5.62. The molecule has 0 heterocycles. The maximum atomic E-state index is 10.9. The maximum absolute atomic E-state index is 10.9. The van der Waals surface area contributed by atoms with Crippen molar-refractivity contribution in [1.29, 1.82) is 0 Å². The van der Waals surface area contributed by atoms with Gasteiger partial charge in [-0.3, -0.25) is 0 Å². The molecule has 3 nitrogen and oxygen atoms in total. The fourth-order valence-electron chi connectivity index (χ4n) is 0.462. The minimum atomic E-state index is -0.332. The van der Waals surface area contributed by atoms with Gasteiger partial charge in [-0.2, -0.15) is 0 Å². The van der Waals surface area contributed by atoms with Crippen molar-refractivity contribution in [3.8, 4) is 0 Å². The number of ether oxygens (including phenoxy) is 1. The molecule has 0 aromatic carbocycles. The van der Waals surface area contributed by atoms with Crippen LogP contribution in [0.1, 0.15) is 27.2 Å². The van der Waals surface area contributed by atoms with Crippen molar-refractivity contribution in [2.24, 2.45) is 0 Å². The molecule has 2 atom stereocenters. The summed E-state index contributed by atoms with van der Waals surface area (Å²) in [6.45, 7) is 5.74. The molecule has 0 saturated heterocycles. The third-order valence-corrected chi connectivity index (χ3v) is 1.51. The summed E-state index contributed by atoms with van der Waals surface area (Å²) in [6, 6.07) is 0. The molecule has 0 spiro atoms. The van der Waals surface area contributed by atoms with Crippen LogP contribution in [0.15, 0.2) is 0 Å². The number of hydrogen-bond donors (Lipinski definition) is 1. The molecule has 0 aromatic rings. The van der Waals surface area contributed by atoms with Crippen LogP contribution in [0.2, 0.25) is 0 Å². The lowest BCUT2D eigenvalue weighted by atomic mass is 10.3. The number of carbonyl (C=O) groups is 1. The highest BCUT2D eigenvalue weighted by atomic mass is 127. The molecule has 0 aliphatic carbocycles. The minimum Gasteiger partial charge on any atom is -0.447 e. The average molecular weight is 271 g/mol. The van der Waals surface area contributed by atoms with E-state index in [1.807, 2.05) is 20.8 Å². The van der Waals surface area contributed by atoms with Gasteiger partial charge in [-0.1, -0.05) is 29.5 Å². The lowest BCUT2D eigenvalue weighted by Crippen LogP contribution is -2.31. The zero-order valence-electron chi connectivity index (χ0n) is 7.06. The second-order valence-corrected chi connectivity index (χ2v) is 4.25. The van der Waals surface area contributed by atoms with E-state index in [4.69, 9.17) is 4.74 Å². The van der Waals surface area contributed by atoms with Gasteiger partial charge in [-0.25, -0.2) is 4.79 Å². The molecule has 0 aliphatic rings. The SMILES string of the molecule is CCC(C)OC(=O)N[C@H](C)I. The summed E-state index contributed by atoms with van der Waals surface area (Å²) in [5, 5.41) is 2.63. The van der Waals surface area contributed by atoms with Crippen molar-refractivity contribution in [3.63, 3.8) is 0 Å². The predicted molar refractivity (Wildman–Crippen MR) is 52.9 cm³/mol. The summed E-state index contributed by atoms with van der Waals surface area (Å²) >= 11 is 2.10. The standard InChI is InChI=1S/C7H14INO2/c1-4-5(2)11-7(10)9-6(3)8/h5-6H,4H2,1-3H3,(H,9,10)/t5?,6-/m1/s1. The van der Waals surface area contributed by atoms with Crippen LogP contribution in [0, 0.1) is 0 Å². The number of carbonyl (C=O) groups excluding carboxylic acids is 1. The number of hydrogen-bond acceptors (Lipinski definition) is 2. The van der Waals surface area contributed by atoms with Crippen molar-refractivity contribution >= 4 is 28.7 Å². The summed E-state index contributed by atoms with van der Waals surface area (Å²) < 4.78 is 5.07. The normalized spacial score (nSPS) is 15.3. The van der Waals surface area contributed by atoms with Crippen LogP contribution < -0.4 is 5.32 Å². The van der Waals surface area contributed by atoms with E-state index < -0.39 is 0 Å². The second-order valence-electron chi connectivity index (χ2n) is 2.38. The summed E-state index contributed by atoms with van der Waals surface area (Å²) in [5.41, 5.74) is 0. The molecule has 0 saturated carbocycles. The first-order chi connectivity index (χ1) is 5.06. The molecule has 0 radical (unpaired) electrons. The van der Waals surface area contributed by atoms with Crippen LogP contribution in [-0.2, 0) is 4.74 Å². The molecule has 4 heteroatoms. The lowest BCUT2D eigenvalue weighted by molar-refractivity contribution is 0.105. The van der Waals surface area contributed by atoms with Gasteiger partial charge in [0.1, 0.15) is 6.10 Å². The Morgan fingerprint density at radius 2 is 2.18 bits per heavy atom. The van der Waals surface area contributed by atoms with E-state index in [9.17, 15) is 4.79 Å². The van der Waals surface area contributed by atoms with E-state index in [1.54, 1.807) is 0 Å². The quantitative estimate of drug-likeness (QED) is 0.486. The Morgan fingerprint density at radius 3 is 2.55 bits per heavy atom. The van der Waals surface area contributed by atoms with Crippen LogP contribution in [-0.4, -0.2) is 16.2 Å². The van der Waals surface area contributed by atoms with Crippen LogP contribution >= 0.6 is 22.6 Å². The van der Waals surface area contributed by atoms with Gasteiger partial charge in [0.2, 0.25) is 0 Å². The van der Waals surface area contributed by atoms with Crippen molar-refractivity contribution in [2.45, 2.75) is 37.3 Å². The Hall–Kier alpha value is 0. The summed E-state index contributed by atoms with van der Waals surface area (Å²) in [5.74, 6) is 0. The van der Waals surface area contributed by atoms with E-state index in [2.05, 4.69) is 27.9 Å². The number of halogens is 1. The predicted octanol–water partition coefficient (Wildman–Crippen LogP) is 2.29. The first-order valence-electron chi connectivity index (χ1n) is 3.67. The van der Waals surface area contributed by atoms with Crippen molar-refractivity contribution in [1.82, 2.24) is 5.32 Å². The van der Waals surface area contributed by atoms with Gasteiger partial charge in [0, 0.05) is 0 Å². The van der Waals surface area contributed by atoms with E-state index >= 15 is 0 Å². The smallest absolute Gasteiger partial charge is 0.408 e. The average Bonchev–Trinajstić information content (AvgIpc) is 1.85. The molecule has 0 fully saturated rings. The van der Waals surface area contributed by atoms with Gasteiger partial charge in [0.25, 0.3) is 0 Å². The number of alkyl carbamates (subject to hydrolysis) is 1. The molecule has 1 N–H and O–H groups in total. The van der Waals surface area contributed by atoms with Crippen molar-refractivity contribution in [2.75, 3.05) is 0 Å². The first-order valence-corrected chi connectivity index (χ1v) is 4.92. The number of alkyl halides is 1. The Bertz CT molecular complexity index is 128. The Morgan fingerprint density at radius 1 is 1.64 bits per heavy atom. The Kier molecular flexibility index (Phi) is 5.62. The largest absolute Gasteiger partial charge is 0.447 e. The fraction of sp³-hybridized carbons (Fsp3) is 0.857. The number of nitrogens with one attached hydrogen (secondary N) is 1. The molecular weight excluding hydrogens is 257 g/mol. The number of amides is 1. The Balaban J connectivity index is 3.52. The van der Waals surface area contributed by atoms with E-state index in [1.165, 1.54) is 0 Å². The van der Waals surface area contributed by atoms with Gasteiger partial charge in [0.05, 0.1) is 4.05 Å². The van der Waals surface area contributed by atoms with Gasteiger partial charge in [0.15, 0.2) is 0 Å². The van der Waals surface area contributed by atoms with Crippen molar-refractivity contribution in [3.05, 3.63) is 0 Å². The van der Waals surface area contributed by atoms with Gasteiger partial charge in [-0.15, -0.1) is 0 Å². The zero-order valence-corrected chi connectivity index (χ0v) is 9.21. The molecule has 1 amide bonds. The van der Waals surface area contributed by atoms with E-state index in [0.717, 1.165) is 6.42 Å². The molecular formula is C7H14INO2. The van der Waals surface area contributed by atoms with Crippen LogP contribution in [0.25, 0.3) is 0 Å². The maximum Gasteiger partial charge on any atom is 0.408 e. The van der Waals surface area contributed by atoms with Gasteiger partial charge < -0.3 is 10.1 Å². The third kappa shape index (κ3) is 6.40. The zero-order chi connectivity index (χ0) is 8.85. The summed E-state index contributed by atoms with van der Waals surface area (Å²) in [7, 11) is 0.